The average Bonchev–Trinajstić information content (AvgIpc) is 3.59. The first-order chi connectivity index (χ1) is 21.3. The molecular weight excluding hydrogens is 508 g/mol. The summed E-state index contributed by atoms with van der Waals surface area (Å²) in [7, 11) is 0. The fourth-order valence-corrected chi connectivity index (χ4v) is 6.80. The molecule has 0 atom stereocenters. The third-order valence-electron chi connectivity index (χ3n) is 8.63. The Bertz CT molecular complexity index is 2500. The maximum Gasteiger partial charge on any atom is 0.0641 e. The van der Waals surface area contributed by atoms with Gasteiger partial charge in [-0.25, -0.2) is 0 Å². The van der Waals surface area contributed by atoms with Crippen molar-refractivity contribution >= 4 is 54.4 Å². The lowest BCUT2D eigenvalue weighted by molar-refractivity contribution is 1.18. The summed E-state index contributed by atoms with van der Waals surface area (Å²) in [5.74, 6) is 0. The van der Waals surface area contributed by atoms with E-state index in [4.69, 9.17) is 1.37 Å². The molecule has 0 saturated heterocycles. The monoisotopic (exact) mass is 535 g/mol. The maximum atomic E-state index is 8.56. The van der Waals surface area contributed by atoms with E-state index in [1.807, 2.05) is 18.2 Å². The molecule has 0 aliphatic rings. The van der Waals surface area contributed by atoms with E-state index in [1.165, 1.54) is 43.7 Å². The summed E-state index contributed by atoms with van der Waals surface area (Å²) >= 11 is 0. The van der Waals surface area contributed by atoms with Crippen molar-refractivity contribution in [1.29, 1.82) is 0 Å². The molecule has 2 aromatic heterocycles. The van der Waals surface area contributed by atoms with Crippen LogP contribution < -0.4 is 0 Å². The van der Waals surface area contributed by atoms with Crippen molar-refractivity contribution in [3.8, 4) is 22.5 Å². The van der Waals surface area contributed by atoms with Crippen LogP contribution >= 0.6 is 0 Å². The van der Waals surface area contributed by atoms with E-state index >= 15 is 0 Å². The second kappa shape index (κ2) is 8.95. The quantitative estimate of drug-likeness (QED) is 0.213. The molecule has 0 spiro atoms. The number of fused-ring (bicyclic) bond motifs is 8. The summed E-state index contributed by atoms with van der Waals surface area (Å²) in [6.07, 6.45) is 0. The van der Waals surface area contributed by atoms with Crippen molar-refractivity contribution in [1.82, 2.24) is 9.13 Å². The smallest absolute Gasteiger partial charge is 0.0641 e. The largest absolute Gasteiger partial charge is 0.309 e. The van der Waals surface area contributed by atoms with Crippen molar-refractivity contribution in [3.63, 3.8) is 0 Å². The molecule has 0 N–H and O–H groups in total. The van der Waals surface area contributed by atoms with Crippen LogP contribution in [0.5, 0.6) is 0 Å². The Kier molecular flexibility index (Phi) is 4.72. The summed E-state index contributed by atoms with van der Waals surface area (Å²) in [5.41, 5.74) is 9.36. The Balaban J connectivity index is 1.41. The van der Waals surface area contributed by atoms with E-state index < -0.39 is 0 Å². The second-order valence-electron chi connectivity index (χ2n) is 10.9. The lowest BCUT2D eigenvalue weighted by Crippen LogP contribution is -1.96. The molecule has 7 aromatic carbocycles. The standard InChI is InChI=1S/C40H26N2/c1-2-11-27(12-3-1)28-21-23-30(24-22-28)41-36-18-8-6-16-32(36)33-25-26-38-39(40(33)41)34-17-7-9-19-37(34)42(38)35-20-10-14-29-13-4-5-15-31(29)35/h1-26H/i14D. The number of rotatable bonds is 3. The second-order valence-corrected chi connectivity index (χ2v) is 10.9. The molecule has 0 radical (unpaired) electrons. The lowest BCUT2D eigenvalue weighted by Gasteiger charge is -2.12. The fraction of sp³-hybridized carbons (Fsp3) is 0. The van der Waals surface area contributed by atoms with Crippen molar-refractivity contribution in [2.24, 2.45) is 0 Å². The van der Waals surface area contributed by atoms with Crippen LogP contribution in [0, 0.1) is 0 Å². The Hall–Kier alpha value is -5.60. The van der Waals surface area contributed by atoms with Gasteiger partial charge in [-0.1, -0.05) is 121 Å². The number of para-hydroxylation sites is 2. The Morgan fingerprint density at radius 1 is 0.405 bits per heavy atom. The molecule has 0 aliphatic carbocycles. The fourth-order valence-electron chi connectivity index (χ4n) is 6.80. The van der Waals surface area contributed by atoms with Gasteiger partial charge in [0.1, 0.15) is 0 Å². The van der Waals surface area contributed by atoms with E-state index in [9.17, 15) is 0 Å². The lowest BCUT2D eigenvalue weighted by atomic mass is 10.1. The van der Waals surface area contributed by atoms with Crippen LogP contribution in [0.2, 0.25) is 0 Å². The van der Waals surface area contributed by atoms with Gasteiger partial charge < -0.3 is 9.13 Å². The van der Waals surface area contributed by atoms with E-state index in [0.29, 0.717) is 6.04 Å². The van der Waals surface area contributed by atoms with Crippen LogP contribution in [0.3, 0.4) is 0 Å². The highest BCUT2D eigenvalue weighted by Crippen LogP contribution is 2.42. The maximum absolute atomic E-state index is 8.56. The zero-order chi connectivity index (χ0) is 28.5. The van der Waals surface area contributed by atoms with Crippen LogP contribution in [-0.4, -0.2) is 9.13 Å². The molecule has 0 aliphatic heterocycles. The zero-order valence-corrected chi connectivity index (χ0v) is 22.8. The van der Waals surface area contributed by atoms with Crippen LogP contribution in [0.1, 0.15) is 1.37 Å². The van der Waals surface area contributed by atoms with E-state index in [2.05, 4.69) is 143 Å². The third kappa shape index (κ3) is 3.27. The third-order valence-corrected chi connectivity index (χ3v) is 8.63. The molecule has 42 heavy (non-hydrogen) atoms. The predicted molar refractivity (Wildman–Crippen MR) is 178 cm³/mol. The summed E-state index contributed by atoms with van der Waals surface area (Å²) in [6.45, 7) is 0. The molecule has 0 bridgehead atoms. The average molecular weight is 536 g/mol. The molecule has 0 saturated carbocycles. The summed E-state index contributed by atoms with van der Waals surface area (Å²) in [4.78, 5) is 0. The first kappa shape index (κ1) is 22.1. The molecule has 0 fully saturated rings. The van der Waals surface area contributed by atoms with Gasteiger partial charge in [0.2, 0.25) is 0 Å². The molecule has 9 aromatic rings. The Morgan fingerprint density at radius 3 is 1.86 bits per heavy atom. The van der Waals surface area contributed by atoms with Gasteiger partial charge in [-0.3, -0.25) is 0 Å². The number of hydrogen-bond donors (Lipinski definition) is 0. The SMILES string of the molecule is [2H]c1ccc(-n2c3ccccc3c3c2ccc2c4ccccc4n(-c4ccc(-c5ccccc5)cc4)c23)c2ccccc12. The minimum Gasteiger partial charge on any atom is -0.309 e. The summed E-state index contributed by atoms with van der Waals surface area (Å²) in [6, 6.07) is 54.3. The molecule has 9 rings (SSSR count). The van der Waals surface area contributed by atoms with E-state index in [0.717, 1.165) is 33.2 Å². The van der Waals surface area contributed by atoms with Crippen molar-refractivity contribution in [3.05, 3.63) is 158 Å². The number of hydrogen-bond acceptors (Lipinski definition) is 0. The van der Waals surface area contributed by atoms with Gasteiger partial charge in [0.25, 0.3) is 0 Å². The number of nitrogens with zero attached hydrogens (tertiary/aromatic N) is 2. The van der Waals surface area contributed by atoms with E-state index in [-0.39, 0.29) is 0 Å². The summed E-state index contributed by atoms with van der Waals surface area (Å²) in [5, 5.41) is 6.97. The van der Waals surface area contributed by atoms with Crippen molar-refractivity contribution in [2.75, 3.05) is 0 Å². The molecule has 2 heteroatoms. The van der Waals surface area contributed by atoms with Crippen LogP contribution in [0.15, 0.2) is 158 Å². The van der Waals surface area contributed by atoms with Crippen LogP contribution in [0.4, 0.5) is 0 Å². The van der Waals surface area contributed by atoms with Gasteiger partial charge in [0.15, 0.2) is 0 Å². The van der Waals surface area contributed by atoms with Gasteiger partial charge in [-0.2, -0.15) is 0 Å². The highest BCUT2D eigenvalue weighted by Gasteiger charge is 2.21. The van der Waals surface area contributed by atoms with Crippen molar-refractivity contribution < 1.29 is 1.37 Å². The highest BCUT2D eigenvalue weighted by atomic mass is 15.0. The van der Waals surface area contributed by atoms with E-state index in [1.54, 1.807) is 0 Å². The normalized spacial score (nSPS) is 12.1. The molecule has 2 heterocycles. The minimum absolute atomic E-state index is 0.543. The van der Waals surface area contributed by atoms with Crippen molar-refractivity contribution in [2.45, 2.75) is 0 Å². The Morgan fingerprint density at radius 2 is 1.05 bits per heavy atom. The first-order valence-corrected chi connectivity index (χ1v) is 14.4. The molecule has 196 valence electrons. The minimum atomic E-state index is 0.543. The highest BCUT2D eigenvalue weighted by molar-refractivity contribution is 6.26. The van der Waals surface area contributed by atoms with Gasteiger partial charge in [-0.15, -0.1) is 0 Å². The molecular formula is C40H26N2. The van der Waals surface area contributed by atoms with Crippen LogP contribution in [0.25, 0.3) is 76.9 Å². The van der Waals surface area contributed by atoms with Gasteiger partial charge in [0.05, 0.1) is 29.1 Å². The molecule has 2 nitrogen and oxygen atoms in total. The van der Waals surface area contributed by atoms with Gasteiger partial charge >= 0.3 is 0 Å². The Labute approximate surface area is 244 Å². The zero-order valence-electron chi connectivity index (χ0n) is 23.8. The first-order valence-electron chi connectivity index (χ1n) is 14.9. The summed E-state index contributed by atoms with van der Waals surface area (Å²) < 4.78 is 13.4. The predicted octanol–water partition coefficient (Wildman–Crippen LogP) is 10.7. The van der Waals surface area contributed by atoms with Gasteiger partial charge in [-0.05, 0) is 52.9 Å². The number of aromatic nitrogens is 2. The topological polar surface area (TPSA) is 9.86 Å². The molecule has 0 unspecified atom stereocenters. The van der Waals surface area contributed by atoms with Crippen LogP contribution in [-0.2, 0) is 0 Å². The van der Waals surface area contributed by atoms with Gasteiger partial charge in [0, 0.05) is 32.6 Å². The number of benzene rings is 7. The molecule has 0 amide bonds.